The number of ether oxygens (including phenoxy) is 3. The van der Waals surface area contributed by atoms with Gasteiger partial charge in [0.2, 0.25) is 0 Å². The molecule has 0 aromatic heterocycles. The first-order chi connectivity index (χ1) is 9.71. The van der Waals surface area contributed by atoms with Gasteiger partial charge in [-0.3, -0.25) is 0 Å². The highest BCUT2D eigenvalue weighted by atomic mass is 16.5. The highest BCUT2D eigenvalue weighted by Crippen LogP contribution is 2.28. The topological polar surface area (TPSA) is 39.7 Å². The van der Waals surface area contributed by atoms with Crippen LogP contribution < -0.4 is 14.8 Å². The van der Waals surface area contributed by atoms with Crippen LogP contribution in [0.2, 0.25) is 0 Å². The smallest absolute Gasteiger partial charge is 0.161 e. The van der Waals surface area contributed by atoms with Crippen molar-refractivity contribution >= 4 is 6.08 Å². The Bertz CT molecular complexity index is 430. The van der Waals surface area contributed by atoms with E-state index in [1.165, 1.54) is 5.57 Å². The summed E-state index contributed by atoms with van der Waals surface area (Å²) in [6, 6.07) is 5.96. The minimum Gasteiger partial charge on any atom is -0.493 e. The van der Waals surface area contributed by atoms with E-state index in [1.54, 1.807) is 14.2 Å². The molecule has 1 rings (SSSR count). The van der Waals surface area contributed by atoms with E-state index >= 15 is 0 Å². The lowest BCUT2D eigenvalue weighted by atomic mass is 10.1. The maximum Gasteiger partial charge on any atom is 0.161 e. The largest absolute Gasteiger partial charge is 0.493 e. The molecule has 0 saturated carbocycles. The predicted octanol–water partition coefficient (Wildman–Crippen LogP) is 2.73. The number of rotatable bonds is 9. The van der Waals surface area contributed by atoms with E-state index in [9.17, 15) is 0 Å². The van der Waals surface area contributed by atoms with Gasteiger partial charge in [0.15, 0.2) is 11.5 Å². The van der Waals surface area contributed by atoms with Crippen molar-refractivity contribution < 1.29 is 14.2 Å². The van der Waals surface area contributed by atoms with Crippen LogP contribution in [0.4, 0.5) is 0 Å². The van der Waals surface area contributed by atoms with Crippen molar-refractivity contribution in [2.75, 3.05) is 40.5 Å². The highest BCUT2D eigenvalue weighted by Gasteiger charge is 2.04. The first-order valence-corrected chi connectivity index (χ1v) is 6.89. The number of benzene rings is 1. The summed E-state index contributed by atoms with van der Waals surface area (Å²) < 4.78 is 15.9. The van der Waals surface area contributed by atoms with E-state index in [0.29, 0.717) is 6.61 Å². The SMILES string of the molecule is CCOc1cc(C=C(C)CNCCOC)ccc1OC. The molecule has 4 nitrogen and oxygen atoms in total. The lowest BCUT2D eigenvalue weighted by Gasteiger charge is -2.10. The summed E-state index contributed by atoms with van der Waals surface area (Å²) >= 11 is 0. The number of hydrogen-bond donors (Lipinski definition) is 1. The van der Waals surface area contributed by atoms with E-state index in [-0.39, 0.29) is 0 Å². The molecular weight excluding hydrogens is 254 g/mol. The average Bonchev–Trinajstić information content (AvgIpc) is 2.44. The van der Waals surface area contributed by atoms with Gasteiger partial charge < -0.3 is 19.5 Å². The van der Waals surface area contributed by atoms with E-state index in [4.69, 9.17) is 14.2 Å². The van der Waals surface area contributed by atoms with Gasteiger partial charge >= 0.3 is 0 Å². The summed E-state index contributed by atoms with van der Waals surface area (Å²) in [7, 11) is 3.36. The summed E-state index contributed by atoms with van der Waals surface area (Å²) in [5.74, 6) is 1.55. The molecule has 112 valence electrons. The normalized spacial score (nSPS) is 11.5. The Morgan fingerprint density at radius 2 is 2.05 bits per heavy atom. The van der Waals surface area contributed by atoms with Gasteiger partial charge in [-0.05, 0) is 31.5 Å². The first-order valence-electron chi connectivity index (χ1n) is 6.89. The quantitative estimate of drug-likeness (QED) is 0.706. The van der Waals surface area contributed by atoms with Crippen molar-refractivity contribution in [1.29, 1.82) is 0 Å². The third-order valence-corrected chi connectivity index (χ3v) is 2.79. The highest BCUT2D eigenvalue weighted by molar-refractivity contribution is 5.58. The van der Waals surface area contributed by atoms with E-state index < -0.39 is 0 Å². The molecule has 1 aromatic carbocycles. The van der Waals surface area contributed by atoms with Crippen molar-refractivity contribution in [2.45, 2.75) is 13.8 Å². The molecule has 1 N–H and O–H groups in total. The zero-order valence-electron chi connectivity index (χ0n) is 12.9. The van der Waals surface area contributed by atoms with Crippen LogP contribution >= 0.6 is 0 Å². The molecule has 0 bridgehead atoms. The Hall–Kier alpha value is -1.52. The molecule has 0 radical (unpaired) electrons. The lowest BCUT2D eigenvalue weighted by Crippen LogP contribution is -2.20. The fourth-order valence-electron chi connectivity index (χ4n) is 1.85. The van der Waals surface area contributed by atoms with Crippen LogP contribution in [0.25, 0.3) is 6.08 Å². The molecule has 4 heteroatoms. The second kappa shape index (κ2) is 9.39. The predicted molar refractivity (Wildman–Crippen MR) is 82.6 cm³/mol. The number of methoxy groups -OCH3 is 2. The van der Waals surface area contributed by atoms with Crippen molar-refractivity contribution in [2.24, 2.45) is 0 Å². The minimum atomic E-state index is 0.626. The number of nitrogens with one attached hydrogen (secondary N) is 1. The van der Waals surface area contributed by atoms with Gasteiger partial charge in [0.25, 0.3) is 0 Å². The summed E-state index contributed by atoms with van der Waals surface area (Å²) in [5.41, 5.74) is 2.37. The molecule has 0 aliphatic rings. The molecule has 0 heterocycles. The summed E-state index contributed by atoms with van der Waals surface area (Å²) in [6.45, 7) is 7.12. The third-order valence-electron chi connectivity index (χ3n) is 2.79. The summed E-state index contributed by atoms with van der Waals surface area (Å²) in [5, 5.41) is 3.32. The fourth-order valence-corrected chi connectivity index (χ4v) is 1.85. The first kappa shape index (κ1) is 16.5. The Morgan fingerprint density at radius 1 is 1.25 bits per heavy atom. The van der Waals surface area contributed by atoms with Gasteiger partial charge in [0, 0.05) is 20.2 Å². The molecule has 0 fully saturated rings. The standard InChI is InChI=1S/C16H25NO3/c1-5-20-16-11-14(6-7-15(16)19-4)10-13(2)12-17-8-9-18-3/h6-7,10-11,17H,5,8-9,12H2,1-4H3. The second-order valence-corrected chi connectivity index (χ2v) is 4.50. The minimum absolute atomic E-state index is 0.626. The molecule has 0 atom stereocenters. The molecule has 0 aliphatic carbocycles. The molecule has 0 spiro atoms. The molecule has 20 heavy (non-hydrogen) atoms. The van der Waals surface area contributed by atoms with Gasteiger partial charge in [0.05, 0.1) is 20.3 Å². The fraction of sp³-hybridized carbons (Fsp3) is 0.500. The molecule has 0 unspecified atom stereocenters. The summed E-state index contributed by atoms with van der Waals surface area (Å²) in [6.07, 6.45) is 2.14. The molecular formula is C16H25NO3. The monoisotopic (exact) mass is 279 g/mol. The van der Waals surface area contributed by atoms with E-state index in [0.717, 1.165) is 36.8 Å². The Labute approximate surface area is 121 Å². The van der Waals surface area contributed by atoms with Crippen molar-refractivity contribution in [3.63, 3.8) is 0 Å². The average molecular weight is 279 g/mol. The maximum atomic E-state index is 5.58. The maximum absolute atomic E-state index is 5.58. The van der Waals surface area contributed by atoms with Gasteiger partial charge in [-0.25, -0.2) is 0 Å². The van der Waals surface area contributed by atoms with Gasteiger partial charge in [-0.1, -0.05) is 17.7 Å². The van der Waals surface area contributed by atoms with Crippen molar-refractivity contribution in [1.82, 2.24) is 5.32 Å². The summed E-state index contributed by atoms with van der Waals surface area (Å²) in [4.78, 5) is 0. The second-order valence-electron chi connectivity index (χ2n) is 4.50. The number of hydrogen-bond acceptors (Lipinski definition) is 4. The van der Waals surface area contributed by atoms with Crippen molar-refractivity contribution in [3.8, 4) is 11.5 Å². The van der Waals surface area contributed by atoms with Gasteiger partial charge in [-0.15, -0.1) is 0 Å². The Morgan fingerprint density at radius 3 is 2.70 bits per heavy atom. The molecule has 0 aliphatic heterocycles. The van der Waals surface area contributed by atoms with Crippen LogP contribution in [-0.2, 0) is 4.74 Å². The zero-order valence-corrected chi connectivity index (χ0v) is 12.9. The molecule has 0 saturated heterocycles. The van der Waals surface area contributed by atoms with Crippen molar-refractivity contribution in [3.05, 3.63) is 29.3 Å². The van der Waals surface area contributed by atoms with Gasteiger partial charge in [-0.2, -0.15) is 0 Å². The van der Waals surface area contributed by atoms with E-state index in [2.05, 4.69) is 18.3 Å². The van der Waals surface area contributed by atoms with Crippen LogP contribution in [0.3, 0.4) is 0 Å². The third kappa shape index (κ3) is 5.63. The van der Waals surface area contributed by atoms with Gasteiger partial charge in [0.1, 0.15) is 0 Å². The van der Waals surface area contributed by atoms with Crippen LogP contribution in [-0.4, -0.2) is 40.5 Å². The van der Waals surface area contributed by atoms with Crippen LogP contribution in [0.1, 0.15) is 19.4 Å². The Kier molecular flexibility index (Phi) is 7.77. The van der Waals surface area contributed by atoms with Crippen LogP contribution in [0.15, 0.2) is 23.8 Å². The molecule has 1 aromatic rings. The van der Waals surface area contributed by atoms with E-state index in [1.807, 2.05) is 25.1 Å². The zero-order chi connectivity index (χ0) is 14.8. The molecule has 0 amide bonds. The van der Waals surface area contributed by atoms with Crippen LogP contribution in [0.5, 0.6) is 11.5 Å². The lowest BCUT2D eigenvalue weighted by molar-refractivity contribution is 0.200. The van der Waals surface area contributed by atoms with Crippen LogP contribution in [0, 0.1) is 0 Å². The Balaban J connectivity index is 2.68.